The molecule has 0 saturated carbocycles. The van der Waals surface area contributed by atoms with Crippen LogP contribution in [0.5, 0.6) is 0 Å². The van der Waals surface area contributed by atoms with Crippen LogP contribution in [0.4, 0.5) is 0 Å². The van der Waals surface area contributed by atoms with Crippen molar-refractivity contribution in [2.24, 2.45) is 0 Å². The van der Waals surface area contributed by atoms with Gasteiger partial charge in [0, 0.05) is 19.3 Å². The number of ether oxygens (including phenoxy) is 4. The molecule has 3 N–H and O–H groups in total. The molecule has 5 unspecified atom stereocenters. The maximum atomic E-state index is 13.1. The smallest absolute Gasteiger partial charge is 0.462 e. The number of carbonyl (C=O) groups excluding carboxylic acids is 4. The van der Waals surface area contributed by atoms with E-state index in [1.54, 1.807) is 6.08 Å². The van der Waals surface area contributed by atoms with Crippen molar-refractivity contribution in [2.75, 3.05) is 39.6 Å². The van der Waals surface area contributed by atoms with Crippen molar-refractivity contribution < 1.29 is 80.2 Å². The van der Waals surface area contributed by atoms with Gasteiger partial charge < -0.3 is 33.8 Å². The van der Waals surface area contributed by atoms with Gasteiger partial charge in [0.05, 0.1) is 32.8 Å². The Bertz CT molecular complexity index is 2590. The summed E-state index contributed by atoms with van der Waals surface area (Å²) in [5.41, 5.74) is 0. The van der Waals surface area contributed by atoms with Gasteiger partial charge in [-0.25, -0.2) is 9.13 Å². The van der Waals surface area contributed by atoms with Gasteiger partial charge in [-0.2, -0.15) is 0 Å². The zero-order valence-corrected chi connectivity index (χ0v) is 66.4. The molecule has 0 saturated heterocycles. The van der Waals surface area contributed by atoms with Crippen LogP contribution in [0, 0.1) is 0 Å². The zero-order chi connectivity index (χ0) is 76.0. The molecule has 0 aromatic rings. The highest BCUT2D eigenvalue weighted by atomic mass is 31.2. The molecule has 0 aromatic heterocycles. The van der Waals surface area contributed by atoms with Gasteiger partial charge in [0.25, 0.3) is 0 Å². The van der Waals surface area contributed by atoms with Crippen molar-refractivity contribution in [3.63, 3.8) is 0 Å². The second kappa shape index (κ2) is 75.9. The van der Waals surface area contributed by atoms with E-state index >= 15 is 0 Å². The topological polar surface area (TPSA) is 237 Å². The first-order valence-corrected chi connectivity index (χ1v) is 42.7. The number of rotatable bonds is 73. The van der Waals surface area contributed by atoms with Crippen molar-refractivity contribution in [3.8, 4) is 0 Å². The van der Waals surface area contributed by atoms with Gasteiger partial charge in [0.2, 0.25) is 0 Å². The summed E-state index contributed by atoms with van der Waals surface area (Å²) in [4.78, 5) is 73.0. The summed E-state index contributed by atoms with van der Waals surface area (Å²) < 4.78 is 68.4. The highest BCUT2D eigenvalue weighted by Gasteiger charge is 2.30. The maximum absolute atomic E-state index is 13.1. The van der Waals surface area contributed by atoms with Crippen LogP contribution in [0.25, 0.3) is 0 Å². The van der Waals surface area contributed by atoms with Crippen LogP contribution < -0.4 is 0 Å². The predicted molar refractivity (Wildman–Crippen MR) is 427 cm³/mol. The van der Waals surface area contributed by atoms with Gasteiger partial charge in [-0.3, -0.25) is 37.3 Å². The Balaban J connectivity index is 5.46. The fourth-order valence-corrected chi connectivity index (χ4v) is 11.6. The third kappa shape index (κ3) is 74.9. The quantitative estimate of drug-likeness (QED) is 0.0169. The van der Waals surface area contributed by atoms with Gasteiger partial charge in [-0.1, -0.05) is 276 Å². The molecule has 0 rings (SSSR count). The largest absolute Gasteiger partial charge is 0.472 e. The van der Waals surface area contributed by atoms with Gasteiger partial charge >= 0.3 is 39.5 Å². The van der Waals surface area contributed by atoms with Crippen LogP contribution in [-0.4, -0.2) is 96.7 Å². The standard InChI is InChI=1S/C85H140O17P2/c1-5-9-13-17-21-25-29-33-37-38-39-40-44-46-50-54-58-62-66-70-83(88)96-76-81(102-85(90)72-68-64-60-56-52-48-43-36-32-28-24-20-16-12-8-4)78-100-104(93,94)98-74-79(86)73-97-103(91,92)99-77-80(101-84(89)71-67-63-59-55-51-47-42-35-31-27-23-19-15-11-7-3)75-95-82(87)69-65-61-57-53-49-45-41-34-30-26-22-18-14-10-6-2/h10,12,14,16,21-28,33-37,39-43,49,53,61,65,79-81,86H,5-9,11,13,15,17-20,29-32,38,44-48,50-52,54-60,62-64,66-78H2,1-4H3,(H,91,92)(H,93,94)/b14-10-,16-12-,25-21-,26-22-,27-23-,28-24-,37-33-,40-39-,41-34-,42-35-,43-36-,53-49-,65-61-. The Labute approximate surface area is 629 Å². The number of aliphatic hydroxyl groups excluding tert-OH is 1. The van der Waals surface area contributed by atoms with Crippen LogP contribution in [-0.2, 0) is 65.4 Å². The normalized spacial score (nSPS) is 14.7. The van der Waals surface area contributed by atoms with Crippen molar-refractivity contribution in [3.05, 3.63) is 158 Å². The van der Waals surface area contributed by atoms with Gasteiger partial charge in [-0.15, -0.1) is 0 Å². The summed E-state index contributed by atoms with van der Waals surface area (Å²) in [6.07, 6.45) is 88.2. The van der Waals surface area contributed by atoms with Crippen LogP contribution in [0.1, 0.15) is 297 Å². The van der Waals surface area contributed by atoms with Gasteiger partial charge in [-0.05, 0) is 154 Å². The lowest BCUT2D eigenvalue weighted by molar-refractivity contribution is -0.161. The number of unbranched alkanes of at least 4 members (excludes halogenated alkanes) is 22. The summed E-state index contributed by atoms with van der Waals surface area (Å²) in [6.45, 7) is 4.42. The molecule has 0 bridgehead atoms. The molecule has 592 valence electrons. The van der Waals surface area contributed by atoms with Crippen LogP contribution in [0.15, 0.2) is 158 Å². The van der Waals surface area contributed by atoms with Crippen LogP contribution in [0.3, 0.4) is 0 Å². The second-order valence-electron chi connectivity index (χ2n) is 25.9. The highest BCUT2D eigenvalue weighted by Crippen LogP contribution is 2.45. The van der Waals surface area contributed by atoms with E-state index in [1.165, 1.54) is 38.5 Å². The molecular weight excluding hydrogens is 1350 g/mol. The number of hydrogen-bond donors (Lipinski definition) is 3. The minimum absolute atomic E-state index is 0.0543. The van der Waals surface area contributed by atoms with E-state index in [-0.39, 0.29) is 25.7 Å². The Hall–Kier alpha value is -5.32. The molecule has 17 nitrogen and oxygen atoms in total. The number of carbonyl (C=O) groups is 4. The lowest BCUT2D eigenvalue weighted by Crippen LogP contribution is -2.30. The molecule has 0 aromatic carbocycles. The summed E-state index contributed by atoms with van der Waals surface area (Å²) >= 11 is 0. The molecule has 0 heterocycles. The minimum atomic E-state index is -5.01. The summed E-state index contributed by atoms with van der Waals surface area (Å²) in [5, 5.41) is 10.6. The molecule has 104 heavy (non-hydrogen) atoms. The summed E-state index contributed by atoms with van der Waals surface area (Å²) in [7, 11) is -10.0. The SMILES string of the molecule is CC/C=C\C/C=C\C/C=C\C/C=C\C/C=C\CC(=O)OCC(COP(=O)(O)OCC(O)COP(=O)(O)OCC(COC(=O)CCCCCCCC/C=C\C/C=C\C/C=C\CCCCC)OC(=O)CCCCCCC/C=C\C/C=C\C/C=C\CC)OC(=O)CCCCCCC/C=C\C/C=C\CCCCC. The molecule has 0 aliphatic carbocycles. The van der Waals surface area contributed by atoms with Gasteiger partial charge in [0.1, 0.15) is 19.3 Å². The summed E-state index contributed by atoms with van der Waals surface area (Å²) in [6, 6.07) is 0. The van der Waals surface area contributed by atoms with Crippen molar-refractivity contribution in [2.45, 2.75) is 316 Å². The molecule has 0 spiro atoms. The average molecular weight is 1500 g/mol. The first kappa shape index (κ1) is 98.7. The van der Waals surface area contributed by atoms with E-state index in [4.69, 9.17) is 37.0 Å². The van der Waals surface area contributed by atoms with Crippen molar-refractivity contribution >= 4 is 39.5 Å². The molecule has 0 aliphatic rings. The first-order valence-electron chi connectivity index (χ1n) is 39.7. The Morgan fingerprint density at radius 1 is 0.288 bits per heavy atom. The number of esters is 4. The number of aliphatic hydroxyl groups is 1. The number of allylic oxidation sites excluding steroid dienone is 25. The monoisotopic (exact) mass is 1490 g/mol. The molecule has 5 atom stereocenters. The zero-order valence-electron chi connectivity index (χ0n) is 64.6. The Kier molecular flexibility index (Phi) is 72.0. The number of phosphoric acid groups is 2. The van der Waals surface area contributed by atoms with Crippen LogP contribution in [0.2, 0.25) is 0 Å². The average Bonchev–Trinajstić information content (AvgIpc) is 0.912. The molecule has 0 radical (unpaired) electrons. The number of phosphoric ester groups is 2. The Morgan fingerprint density at radius 3 is 0.856 bits per heavy atom. The summed E-state index contributed by atoms with van der Waals surface area (Å²) in [5.74, 6) is -2.38. The predicted octanol–water partition coefficient (Wildman–Crippen LogP) is 23.2. The third-order valence-corrected chi connectivity index (χ3v) is 17.9. The minimum Gasteiger partial charge on any atom is -0.462 e. The van der Waals surface area contributed by atoms with Crippen LogP contribution >= 0.6 is 15.6 Å². The van der Waals surface area contributed by atoms with E-state index in [0.29, 0.717) is 25.7 Å². The highest BCUT2D eigenvalue weighted by molar-refractivity contribution is 7.47. The Morgan fingerprint density at radius 2 is 0.538 bits per heavy atom. The lowest BCUT2D eigenvalue weighted by atomic mass is 10.1. The van der Waals surface area contributed by atoms with E-state index in [2.05, 4.69) is 161 Å². The third-order valence-electron chi connectivity index (χ3n) is 16.0. The molecule has 19 heteroatoms. The molecular formula is C85H140O17P2. The fraction of sp³-hybridized carbons (Fsp3) is 0.647. The fourth-order valence-electron chi connectivity index (χ4n) is 9.99. The van der Waals surface area contributed by atoms with Crippen molar-refractivity contribution in [1.82, 2.24) is 0 Å². The van der Waals surface area contributed by atoms with Crippen molar-refractivity contribution in [1.29, 1.82) is 0 Å². The van der Waals surface area contributed by atoms with Gasteiger partial charge in [0.15, 0.2) is 12.2 Å². The number of hydrogen-bond acceptors (Lipinski definition) is 15. The molecule has 0 fully saturated rings. The first-order chi connectivity index (χ1) is 50.7. The van der Waals surface area contributed by atoms with E-state index in [1.807, 2.05) is 18.2 Å². The van der Waals surface area contributed by atoms with E-state index in [0.717, 1.165) is 180 Å². The second-order valence-corrected chi connectivity index (χ2v) is 28.8. The maximum Gasteiger partial charge on any atom is 0.472 e. The van der Waals surface area contributed by atoms with E-state index < -0.39 is 97.5 Å². The molecule has 0 aliphatic heterocycles. The molecule has 0 amide bonds. The lowest BCUT2D eigenvalue weighted by Gasteiger charge is -2.21. The van der Waals surface area contributed by atoms with E-state index in [9.17, 15) is 43.2 Å².